The number of nitrogens with zero attached hydrogens (tertiary/aromatic N) is 3. The van der Waals surface area contributed by atoms with Crippen molar-refractivity contribution >= 4 is 5.91 Å². The van der Waals surface area contributed by atoms with Gasteiger partial charge in [0.05, 0.1) is 13.7 Å². The third-order valence-electron chi connectivity index (χ3n) is 5.40. The number of amides is 1. The van der Waals surface area contributed by atoms with Gasteiger partial charge in [-0.1, -0.05) is 47.6 Å². The summed E-state index contributed by atoms with van der Waals surface area (Å²) in [6, 6.07) is 16.9. The monoisotopic (exact) mass is 409 g/mol. The first-order chi connectivity index (χ1) is 14.6. The van der Waals surface area contributed by atoms with Crippen LogP contribution in [0.4, 0.5) is 4.39 Å². The highest BCUT2D eigenvalue weighted by Crippen LogP contribution is 2.35. The molecule has 2 heterocycles. The maximum Gasteiger partial charge on any atom is 0.266 e. The molecule has 0 saturated carbocycles. The van der Waals surface area contributed by atoms with E-state index in [2.05, 4.69) is 10.1 Å². The number of aromatic nitrogens is 2. The lowest BCUT2D eigenvalue weighted by Gasteiger charge is -2.35. The number of halogens is 1. The number of hydrogen-bond acceptors (Lipinski definition) is 5. The summed E-state index contributed by atoms with van der Waals surface area (Å²) in [6.45, 7) is 0.461. The van der Waals surface area contributed by atoms with Crippen molar-refractivity contribution in [1.29, 1.82) is 0 Å². The Morgan fingerprint density at radius 1 is 1.23 bits per heavy atom. The molecule has 0 bridgehead atoms. The lowest BCUT2D eigenvalue weighted by atomic mass is 9.94. The summed E-state index contributed by atoms with van der Waals surface area (Å²) < 4.78 is 26.2. The maximum absolute atomic E-state index is 15.7. The van der Waals surface area contributed by atoms with Crippen LogP contribution in [0.5, 0.6) is 5.75 Å². The fraction of sp³-hybridized carbons (Fsp3) is 0.348. The maximum atomic E-state index is 15.7. The molecular weight excluding hydrogens is 385 g/mol. The molecule has 4 rings (SSSR count). The number of methoxy groups -OCH3 is 1. The fourth-order valence-corrected chi connectivity index (χ4v) is 3.75. The number of aryl methyl sites for hydroxylation is 1. The van der Waals surface area contributed by atoms with Gasteiger partial charge in [-0.2, -0.15) is 4.98 Å². The smallest absolute Gasteiger partial charge is 0.266 e. The molecule has 1 unspecified atom stereocenters. The van der Waals surface area contributed by atoms with E-state index in [0.717, 1.165) is 16.9 Å². The van der Waals surface area contributed by atoms with E-state index in [4.69, 9.17) is 9.26 Å². The molecule has 3 aromatic rings. The first-order valence-corrected chi connectivity index (χ1v) is 10.1. The second kappa shape index (κ2) is 8.65. The molecular formula is C23H24FN3O3. The summed E-state index contributed by atoms with van der Waals surface area (Å²) in [6.07, 6.45) is 1.68. The Hall–Kier alpha value is -3.22. The van der Waals surface area contributed by atoms with Crippen molar-refractivity contribution < 1.29 is 18.4 Å². The lowest BCUT2D eigenvalue weighted by molar-refractivity contribution is -0.136. The van der Waals surface area contributed by atoms with Gasteiger partial charge in [-0.3, -0.25) is 4.79 Å². The molecule has 1 aliphatic rings. The van der Waals surface area contributed by atoms with Crippen molar-refractivity contribution in [1.82, 2.24) is 15.0 Å². The minimum Gasteiger partial charge on any atom is -0.497 e. The molecule has 0 radical (unpaired) electrons. The Bertz CT molecular complexity index is 1010. The molecule has 1 amide bonds. The van der Waals surface area contributed by atoms with Crippen LogP contribution < -0.4 is 4.74 Å². The number of hydrogen-bond donors (Lipinski definition) is 0. The molecule has 30 heavy (non-hydrogen) atoms. The van der Waals surface area contributed by atoms with E-state index in [1.54, 1.807) is 12.0 Å². The Morgan fingerprint density at radius 2 is 2.07 bits per heavy atom. The van der Waals surface area contributed by atoms with Gasteiger partial charge in [-0.25, -0.2) is 4.39 Å². The van der Waals surface area contributed by atoms with Gasteiger partial charge in [0.2, 0.25) is 17.4 Å². The normalized spacial score (nSPS) is 18.9. The first-order valence-electron chi connectivity index (χ1n) is 10.1. The molecule has 7 heteroatoms. The van der Waals surface area contributed by atoms with Crippen molar-refractivity contribution in [3.63, 3.8) is 0 Å². The number of likely N-dealkylation sites (tertiary alicyclic amines) is 1. The second-order valence-electron chi connectivity index (χ2n) is 7.52. The highest BCUT2D eigenvalue weighted by Gasteiger charge is 2.43. The summed E-state index contributed by atoms with van der Waals surface area (Å²) in [4.78, 5) is 18.6. The van der Waals surface area contributed by atoms with E-state index in [-0.39, 0.29) is 24.8 Å². The van der Waals surface area contributed by atoms with Crippen LogP contribution in [0.2, 0.25) is 0 Å². The van der Waals surface area contributed by atoms with E-state index in [9.17, 15) is 4.79 Å². The molecule has 156 valence electrons. The standard InChI is InChI=1S/C23H24FN3O3/c1-29-19-10-5-7-17(15-19)11-12-20(28)27-14-6-13-23(24,16-27)22-25-21(26-30-22)18-8-3-2-4-9-18/h2-5,7-10,15H,6,11-14,16H2,1H3. The molecule has 6 nitrogen and oxygen atoms in total. The van der Waals surface area contributed by atoms with E-state index in [1.807, 2.05) is 54.6 Å². The molecule has 0 N–H and O–H groups in total. The summed E-state index contributed by atoms with van der Waals surface area (Å²) in [5, 5.41) is 3.93. The SMILES string of the molecule is COc1cccc(CCC(=O)N2CCCC(F)(c3nc(-c4ccccc4)no3)C2)c1. The van der Waals surface area contributed by atoms with E-state index >= 15 is 4.39 Å². The zero-order valence-corrected chi connectivity index (χ0v) is 16.9. The molecule has 1 fully saturated rings. The average Bonchev–Trinajstić information content (AvgIpc) is 3.30. The number of carbonyl (C=O) groups is 1. The number of ether oxygens (including phenoxy) is 1. The number of carbonyl (C=O) groups excluding carboxylic acids is 1. The lowest BCUT2D eigenvalue weighted by Crippen LogP contribution is -2.46. The quantitative estimate of drug-likeness (QED) is 0.611. The predicted octanol–water partition coefficient (Wildman–Crippen LogP) is 4.17. The van der Waals surface area contributed by atoms with Gasteiger partial charge < -0.3 is 14.2 Å². The van der Waals surface area contributed by atoms with Crippen LogP contribution in [0.25, 0.3) is 11.4 Å². The van der Waals surface area contributed by atoms with Crippen LogP contribution in [0.3, 0.4) is 0 Å². The second-order valence-corrected chi connectivity index (χ2v) is 7.52. The Kier molecular flexibility index (Phi) is 5.79. The molecule has 0 aliphatic carbocycles. The van der Waals surface area contributed by atoms with Gasteiger partial charge in [-0.15, -0.1) is 0 Å². The van der Waals surface area contributed by atoms with E-state index < -0.39 is 5.67 Å². The molecule has 0 spiro atoms. The Balaban J connectivity index is 1.42. The van der Waals surface area contributed by atoms with Crippen LogP contribution in [-0.2, 0) is 16.9 Å². The van der Waals surface area contributed by atoms with Gasteiger partial charge in [-0.05, 0) is 37.0 Å². The number of benzene rings is 2. The molecule has 1 atom stereocenters. The minimum atomic E-state index is -1.83. The topological polar surface area (TPSA) is 68.5 Å². The summed E-state index contributed by atoms with van der Waals surface area (Å²) in [5.74, 6) is 0.962. The minimum absolute atomic E-state index is 0.0633. The van der Waals surface area contributed by atoms with Crippen molar-refractivity contribution in [2.24, 2.45) is 0 Å². The van der Waals surface area contributed by atoms with E-state index in [1.165, 1.54) is 0 Å². The summed E-state index contributed by atoms with van der Waals surface area (Å²) in [7, 11) is 1.61. The molecule has 1 aromatic heterocycles. The highest BCUT2D eigenvalue weighted by molar-refractivity contribution is 5.76. The van der Waals surface area contributed by atoms with Crippen molar-refractivity contribution in [3.8, 4) is 17.1 Å². The Morgan fingerprint density at radius 3 is 2.87 bits per heavy atom. The van der Waals surface area contributed by atoms with Crippen LogP contribution in [-0.4, -0.2) is 41.1 Å². The number of piperidine rings is 1. The summed E-state index contributed by atoms with van der Waals surface area (Å²) >= 11 is 0. The third-order valence-corrected chi connectivity index (χ3v) is 5.40. The van der Waals surface area contributed by atoms with Gasteiger partial charge in [0.15, 0.2) is 0 Å². The van der Waals surface area contributed by atoms with Gasteiger partial charge in [0.1, 0.15) is 5.75 Å². The largest absolute Gasteiger partial charge is 0.497 e. The molecule has 2 aromatic carbocycles. The zero-order valence-electron chi connectivity index (χ0n) is 16.9. The van der Waals surface area contributed by atoms with Gasteiger partial charge in [0, 0.05) is 18.5 Å². The average molecular weight is 409 g/mol. The van der Waals surface area contributed by atoms with Crippen LogP contribution in [0.1, 0.15) is 30.7 Å². The van der Waals surface area contributed by atoms with Crippen molar-refractivity contribution in [2.75, 3.05) is 20.2 Å². The number of rotatable bonds is 6. The Labute approximate surface area is 174 Å². The van der Waals surface area contributed by atoms with Crippen LogP contribution in [0, 0.1) is 0 Å². The molecule has 1 aliphatic heterocycles. The fourth-order valence-electron chi connectivity index (χ4n) is 3.75. The molecule has 1 saturated heterocycles. The van der Waals surface area contributed by atoms with Gasteiger partial charge >= 0.3 is 0 Å². The summed E-state index contributed by atoms with van der Waals surface area (Å²) in [5.41, 5.74) is -0.0575. The van der Waals surface area contributed by atoms with Crippen molar-refractivity contribution in [2.45, 2.75) is 31.4 Å². The first kappa shape index (κ1) is 20.1. The van der Waals surface area contributed by atoms with Crippen LogP contribution in [0.15, 0.2) is 59.1 Å². The van der Waals surface area contributed by atoms with Crippen LogP contribution >= 0.6 is 0 Å². The number of alkyl halides is 1. The zero-order chi connectivity index (χ0) is 21.0. The van der Waals surface area contributed by atoms with Crippen molar-refractivity contribution in [3.05, 3.63) is 66.1 Å². The van der Waals surface area contributed by atoms with Gasteiger partial charge in [0.25, 0.3) is 5.89 Å². The van der Waals surface area contributed by atoms with E-state index in [0.29, 0.717) is 31.6 Å². The highest BCUT2D eigenvalue weighted by atomic mass is 19.1. The third kappa shape index (κ3) is 4.35. The predicted molar refractivity (Wildman–Crippen MR) is 110 cm³/mol.